The number of alkyl halides is 1. The molecule has 1 amide bonds. The van der Waals surface area contributed by atoms with Crippen molar-refractivity contribution in [2.75, 3.05) is 6.54 Å². The van der Waals surface area contributed by atoms with Crippen LogP contribution in [0.15, 0.2) is 29.1 Å². The molecule has 1 aliphatic heterocycles. The second-order valence-electron chi connectivity index (χ2n) is 5.87. The number of carbonyl (C=O) groups is 1. The maximum Gasteiger partial charge on any atom is 0.256 e. The molecule has 7 heteroatoms. The molecule has 0 radical (unpaired) electrons. The SMILES string of the molecule is C[C@H](Cl)C(=O)N1CCc2nc(Cc3cccc(F)c3)[nH]c(=O)c2C1. The van der Waals surface area contributed by atoms with E-state index in [1.54, 1.807) is 24.0 Å². The number of nitrogens with zero attached hydrogens (tertiary/aromatic N) is 2. The van der Waals surface area contributed by atoms with Gasteiger partial charge in [-0.3, -0.25) is 9.59 Å². The monoisotopic (exact) mass is 349 g/mol. The fourth-order valence-electron chi connectivity index (χ4n) is 2.84. The first-order valence-electron chi connectivity index (χ1n) is 7.72. The van der Waals surface area contributed by atoms with Crippen molar-refractivity contribution in [1.29, 1.82) is 0 Å². The molecule has 0 bridgehead atoms. The summed E-state index contributed by atoms with van der Waals surface area (Å²) < 4.78 is 13.3. The van der Waals surface area contributed by atoms with Crippen LogP contribution in [-0.2, 0) is 24.2 Å². The highest BCUT2D eigenvalue weighted by atomic mass is 35.5. The second kappa shape index (κ2) is 6.73. The molecule has 1 aliphatic rings. The molecular weight excluding hydrogens is 333 g/mol. The lowest BCUT2D eigenvalue weighted by molar-refractivity contribution is -0.131. The number of H-pyrrole nitrogens is 1. The summed E-state index contributed by atoms with van der Waals surface area (Å²) in [5.74, 6) is -0.0162. The van der Waals surface area contributed by atoms with Crippen LogP contribution in [0.5, 0.6) is 0 Å². The highest BCUT2D eigenvalue weighted by Gasteiger charge is 2.26. The Morgan fingerprint density at radius 3 is 3.00 bits per heavy atom. The lowest BCUT2D eigenvalue weighted by Gasteiger charge is -2.28. The Kier molecular flexibility index (Phi) is 4.66. The van der Waals surface area contributed by atoms with Crippen LogP contribution >= 0.6 is 11.6 Å². The van der Waals surface area contributed by atoms with E-state index in [0.29, 0.717) is 36.5 Å². The minimum Gasteiger partial charge on any atom is -0.336 e. The summed E-state index contributed by atoms with van der Waals surface area (Å²) in [6.45, 7) is 2.32. The van der Waals surface area contributed by atoms with Crippen molar-refractivity contribution in [1.82, 2.24) is 14.9 Å². The molecule has 126 valence electrons. The zero-order valence-corrected chi connectivity index (χ0v) is 13.9. The number of benzene rings is 1. The van der Waals surface area contributed by atoms with Crippen LogP contribution < -0.4 is 5.56 Å². The van der Waals surface area contributed by atoms with Crippen molar-refractivity contribution < 1.29 is 9.18 Å². The van der Waals surface area contributed by atoms with E-state index in [1.807, 2.05) is 0 Å². The van der Waals surface area contributed by atoms with Gasteiger partial charge in [-0.1, -0.05) is 12.1 Å². The van der Waals surface area contributed by atoms with Crippen LogP contribution in [0.2, 0.25) is 0 Å². The Bertz CT molecular complexity index is 835. The minimum atomic E-state index is -0.620. The van der Waals surface area contributed by atoms with Crippen LogP contribution in [0, 0.1) is 5.82 Å². The standard InChI is InChI=1S/C17H17ClFN3O2/c1-10(18)17(24)22-6-5-14-13(9-22)16(23)21-15(20-14)8-11-3-2-4-12(19)7-11/h2-4,7,10H,5-6,8-9H2,1H3,(H,20,21,23)/t10-/m0/s1. The predicted molar refractivity (Wildman–Crippen MR) is 88.5 cm³/mol. The second-order valence-corrected chi connectivity index (χ2v) is 6.53. The Balaban J connectivity index is 1.84. The normalized spacial score (nSPS) is 15.0. The quantitative estimate of drug-likeness (QED) is 0.862. The third-order valence-corrected chi connectivity index (χ3v) is 4.22. The summed E-state index contributed by atoms with van der Waals surface area (Å²) >= 11 is 5.83. The van der Waals surface area contributed by atoms with Gasteiger partial charge in [0, 0.05) is 19.4 Å². The Morgan fingerprint density at radius 2 is 2.29 bits per heavy atom. The molecule has 0 fully saturated rings. The predicted octanol–water partition coefficient (Wildman–Crippen LogP) is 2.01. The number of aromatic nitrogens is 2. The van der Waals surface area contributed by atoms with Crippen molar-refractivity contribution in [2.24, 2.45) is 0 Å². The van der Waals surface area contributed by atoms with Gasteiger partial charge >= 0.3 is 0 Å². The highest BCUT2D eigenvalue weighted by Crippen LogP contribution is 2.17. The van der Waals surface area contributed by atoms with Gasteiger partial charge in [-0.25, -0.2) is 9.37 Å². The van der Waals surface area contributed by atoms with E-state index in [0.717, 1.165) is 5.56 Å². The lowest BCUT2D eigenvalue weighted by atomic mass is 10.1. The first kappa shape index (κ1) is 16.6. The number of hydrogen-bond acceptors (Lipinski definition) is 3. The summed E-state index contributed by atoms with van der Waals surface area (Å²) in [5, 5.41) is -0.620. The van der Waals surface area contributed by atoms with Crippen molar-refractivity contribution in [3.05, 3.63) is 63.1 Å². The Morgan fingerprint density at radius 1 is 1.50 bits per heavy atom. The molecule has 3 rings (SSSR count). The van der Waals surface area contributed by atoms with Crippen LogP contribution in [-0.4, -0.2) is 32.7 Å². The van der Waals surface area contributed by atoms with Crippen LogP contribution in [0.3, 0.4) is 0 Å². The van der Waals surface area contributed by atoms with E-state index in [-0.39, 0.29) is 23.8 Å². The Hall–Kier alpha value is -2.21. The highest BCUT2D eigenvalue weighted by molar-refractivity contribution is 6.30. The average Bonchev–Trinajstić information content (AvgIpc) is 2.54. The first-order chi connectivity index (χ1) is 11.4. The van der Waals surface area contributed by atoms with Crippen LogP contribution in [0.25, 0.3) is 0 Å². The average molecular weight is 350 g/mol. The van der Waals surface area contributed by atoms with E-state index >= 15 is 0 Å². The topological polar surface area (TPSA) is 66.1 Å². The molecular formula is C17H17ClFN3O2. The third kappa shape index (κ3) is 3.48. The lowest BCUT2D eigenvalue weighted by Crippen LogP contribution is -2.42. The van der Waals surface area contributed by atoms with Gasteiger partial charge < -0.3 is 9.88 Å². The molecule has 2 heterocycles. The van der Waals surface area contributed by atoms with Crippen LogP contribution in [0.4, 0.5) is 4.39 Å². The van der Waals surface area contributed by atoms with Crippen LogP contribution in [0.1, 0.15) is 29.6 Å². The largest absolute Gasteiger partial charge is 0.336 e. The maximum atomic E-state index is 13.3. The molecule has 1 aromatic heterocycles. The van der Waals surface area contributed by atoms with E-state index in [9.17, 15) is 14.0 Å². The van der Waals surface area contributed by atoms with E-state index in [4.69, 9.17) is 11.6 Å². The van der Waals surface area contributed by atoms with E-state index in [1.165, 1.54) is 12.1 Å². The van der Waals surface area contributed by atoms with Gasteiger partial charge in [0.15, 0.2) is 0 Å². The number of hydrogen-bond donors (Lipinski definition) is 1. The number of nitrogens with one attached hydrogen (secondary N) is 1. The molecule has 5 nitrogen and oxygen atoms in total. The first-order valence-corrected chi connectivity index (χ1v) is 8.16. The molecule has 0 saturated carbocycles. The number of fused-ring (bicyclic) bond motifs is 1. The third-order valence-electron chi connectivity index (χ3n) is 4.03. The van der Waals surface area contributed by atoms with E-state index < -0.39 is 5.38 Å². The molecule has 0 saturated heterocycles. The number of aromatic amines is 1. The van der Waals surface area contributed by atoms with Gasteiger partial charge in [0.25, 0.3) is 5.56 Å². The van der Waals surface area contributed by atoms with Gasteiger partial charge in [-0.15, -0.1) is 11.6 Å². The minimum absolute atomic E-state index is 0.189. The number of amides is 1. The summed E-state index contributed by atoms with van der Waals surface area (Å²) in [7, 11) is 0. The molecule has 1 aromatic carbocycles. The van der Waals surface area contributed by atoms with Gasteiger partial charge in [0.1, 0.15) is 17.0 Å². The molecule has 1 N–H and O–H groups in total. The number of rotatable bonds is 3. The summed E-state index contributed by atoms with van der Waals surface area (Å²) in [4.78, 5) is 33.1. The smallest absolute Gasteiger partial charge is 0.256 e. The fourth-order valence-corrected chi connectivity index (χ4v) is 2.98. The van der Waals surface area contributed by atoms with Crippen molar-refractivity contribution in [3.63, 3.8) is 0 Å². The van der Waals surface area contributed by atoms with Gasteiger partial charge in [0.05, 0.1) is 17.8 Å². The Labute approximate surface area is 143 Å². The number of halogens is 2. The summed E-state index contributed by atoms with van der Waals surface area (Å²) in [6, 6.07) is 6.19. The van der Waals surface area contributed by atoms with Crippen molar-refractivity contribution in [2.45, 2.75) is 31.7 Å². The van der Waals surface area contributed by atoms with Crippen molar-refractivity contribution >= 4 is 17.5 Å². The molecule has 1 atom stereocenters. The van der Waals surface area contributed by atoms with Gasteiger partial charge in [-0.05, 0) is 24.6 Å². The molecule has 0 unspecified atom stereocenters. The van der Waals surface area contributed by atoms with E-state index in [2.05, 4.69) is 9.97 Å². The van der Waals surface area contributed by atoms with Crippen molar-refractivity contribution in [3.8, 4) is 0 Å². The zero-order chi connectivity index (χ0) is 17.3. The molecule has 2 aromatic rings. The zero-order valence-electron chi connectivity index (χ0n) is 13.2. The molecule has 24 heavy (non-hydrogen) atoms. The molecule has 0 spiro atoms. The summed E-state index contributed by atoms with van der Waals surface area (Å²) in [6.07, 6.45) is 0.854. The van der Waals surface area contributed by atoms with Gasteiger partial charge in [-0.2, -0.15) is 0 Å². The molecule has 0 aliphatic carbocycles. The maximum absolute atomic E-state index is 13.3. The van der Waals surface area contributed by atoms with Gasteiger partial charge in [0.2, 0.25) is 5.91 Å². The fraction of sp³-hybridized carbons (Fsp3) is 0.353. The summed E-state index contributed by atoms with van der Waals surface area (Å²) in [5.41, 5.74) is 1.67. The number of carbonyl (C=O) groups excluding carboxylic acids is 1.